The largest absolute Gasteiger partial charge is 0.456 e. The van der Waals surface area contributed by atoms with Gasteiger partial charge in [0.2, 0.25) is 10.0 Å². The highest BCUT2D eigenvalue weighted by atomic mass is 32.2. The minimum Gasteiger partial charge on any atom is -0.456 e. The topological polar surface area (TPSA) is 102 Å². The second kappa shape index (κ2) is 8.26. The number of esters is 1. The first kappa shape index (κ1) is 19.1. The third-order valence-corrected chi connectivity index (χ3v) is 5.49. The second-order valence-corrected chi connectivity index (χ2v) is 7.72. The maximum Gasteiger partial charge on any atom is 0.306 e. The molecule has 8 heteroatoms. The fraction of sp³-hybridized carbons (Fsp3) is 0.412. The van der Waals surface area contributed by atoms with Crippen LogP contribution >= 0.6 is 0 Å². The highest BCUT2D eigenvalue weighted by Gasteiger charge is 2.17. The Balaban J connectivity index is 1.91. The third-order valence-electron chi connectivity index (χ3n) is 3.94. The van der Waals surface area contributed by atoms with Crippen molar-refractivity contribution in [2.75, 3.05) is 19.0 Å². The number of ether oxygens (including phenoxy) is 1. The van der Waals surface area contributed by atoms with E-state index in [0.717, 1.165) is 12.8 Å². The van der Waals surface area contributed by atoms with Gasteiger partial charge < -0.3 is 10.1 Å². The Morgan fingerprint density at radius 2 is 2.08 bits per heavy atom. The number of amides is 1. The quantitative estimate of drug-likeness (QED) is 0.565. The first-order chi connectivity index (χ1) is 11.8. The van der Waals surface area contributed by atoms with Crippen LogP contribution < -0.4 is 10.0 Å². The number of hydrogen-bond acceptors (Lipinski definition) is 5. The molecule has 2 rings (SSSR count). The van der Waals surface area contributed by atoms with E-state index in [-0.39, 0.29) is 17.2 Å². The lowest BCUT2D eigenvalue weighted by Crippen LogP contribution is -2.23. The van der Waals surface area contributed by atoms with Crippen LogP contribution in [-0.4, -0.2) is 33.9 Å². The molecule has 1 aromatic carbocycles. The van der Waals surface area contributed by atoms with E-state index in [1.54, 1.807) is 19.1 Å². The summed E-state index contributed by atoms with van der Waals surface area (Å²) in [5.41, 5.74) is 0.877. The summed E-state index contributed by atoms with van der Waals surface area (Å²) < 4.78 is 31.1. The number of carbonyl (C=O) groups excluding carboxylic acids is 2. The van der Waals surface area contributed by atoms with Crippen LogP contribution in [0, 0.1) is 12.8 Å². The fourth-order valence-corrected chi connectivity index (χ4v) is 3.55. The Labute approximate surface area is 147 Å². The van der Waals surface area contributed by atoms with Crippen molar-refractivity contribution in [2.24, 2.45) is 5.92 Å². The average Bonchev–Trinajstić information content (AvgIpc) is 3.07. The van der Waals surface area contributed by atoms with Gasteiger partial charge in [0.1, 0.15) is 0 Å². The molecule has 7 nitrogen and oxygen atoms in total. The molecule has 1 amide bonds. The van der Waals surface area contributed by atoms with Crippen LogP contribution in [0.15, 0.2) is 35.2 Å². The molecule has 0 heterocycles. The van der Waals surface area contributed by atoms with E-state index >= 15 is 0 Å². The summed E-state index contributed by atoms with van der Waals surface area (Å²) in [4.78, 5) is 23.7. The van der Waals surface area contributed by atoms with Gasteiger partial charge in [-0.05, 0) is 50.4 Å². The lowest BCUT2D eigenvalue weighted by Gasteiger charge is -2.11. The number of aryl methyl sites for hydroxylation is 1. The van der Waals surface area contributed by atoms with E-state index in [0.29, 0.717) is 11.3 Å². The molecular weight excluding hydrogens is 344 g/mol. The summed E-state index contributed by atoms with van der Waals surface area (Å²) in [7, 11) is -2.30. The number of allylic oxidation sites excluding steroid dienone is 2. The van der Waals surface area contributed by atoms with Crippen LogP contribution in [0.25, 0.3) is 0 Å². The van der Waals surface area contributed by atoms with Gasteiger partial charge in [-0.15, -0.1) is 0 Å². The molecule has 0 saturated heterocycles. The molecule has 0 aromatic heterocycles. The van der Waals surface area contributed by atoms with Gasteiger partial charge >= 0.3 is 5.97 Å². The second-order valence-electron chi connectivity index (χ2n) is 5.87. The molecule has 0 aliphatic heterocycles. The Kier molecular flexibility index (Phi) is 6.33. The molecule has 0 saturated carbocycles. The van der Waals surface area contributed by atoms with Crippen molar-refractivity contribution >= 4 is 27.6 Å². The van der Waals surface area contributed by atoms with Crippen molar-refractivity contribution < 1.29 is 22.7 Å². The molecule has 25 heavy (non-hydrogen) atoms. The molecular formula is C17H22N2O5S. The first-order valence-corrected chi connectivity index (χ1v) is 9.46. The van der Waals surface area contributed by atoms with Crippen molar-refractivity contribution in [3.05, 3.63) is 35.9 Å². The van der Waals surface area contributed by atoms with Gasteiger partial charge in [-0.25, -0.2) is 13.1 Å². The van der Waals surface area contributed by atoms with Crippen molar-refractivity contribution in [1.29, 1.82) is 0 Å². The number of benzene rings is 1. The van der Waals surface area contributed by atoms with E-state index in [9.17, 15) is 18.0 Å². The molecule has 1 aromatic rings. The number of anilines is 1. The fourth-order valence-electron chi connectivity index (χ4n) is 2.56. The van der Waals surface area contributed by atoms with Crippen LogP contribution in [0.5, 0.6) is 0 Å². The number of carbonyl (C=O) groups is 2. The summed E-state index contributed by atoms with van der Waals surface area (Å²) >= 11 is 0. The molecule has 0 fully saturated rings. The molecule has 2 N–H and O–H groups in total. The van der Waals surface area contributed by atoms with Crippen LogP contribution in [0.3, 0.4) is 0 Å². The molecule has 1 aliphatic rings. The van der Waals surface area contributed by atoms with E-state index in [2.05, 4.69) is 10.0 Å². The van der Waals surface area contributed by atoms with Crippen LogP contribution in [0.4, 0.5) is 5.69 Å². The van der Waals surface area contributed by atoms with Crippen LogP contribution in [0.2, 0.25) is 0 Å². The smallest absolute Gasteiger partial charge is 0.306 e. The zero-order chi connectivity index (χ0) is 18.4. The van der Waals surface area contributed by atoms with Gasteiger partial charge in [0.15, 0.2) is 6.61 Å². The van der Waals surface area contributed by atoms with Crippen LogP contribution in [0.1, 0.15) is 24.8 Å². The molecule has 0 spiro atoms. The molecule has 0 bridgehead atoms. The summed E-state index contributed by atoms with van der Waals surface area (Å²) in [5, 5.41) is 2.53. The average molecular weight is 366 g/mol. The van der Waals surface area contributed by atoms with Crippen molar-refractivity contribution in [3.63, 3.8) is 0 Å². The number of hydrogen-bond donors (Lipinski definition) is 2. The van der Waals surface area contributed by atoms with Gasteiger partial charge in [-0.3, -0.25) is 9.59 Å². The summed E-state index contributed by atoms with van der Waals surface area (Å²) in [6, 6.07) is 4.55. The molecule has 1 aliphatic carbocycles. The normalized spacial score (nSPS) is 16.6. The molecule has 1 atom stereocenters. The number of nitrogens with one attached hydrogen (secondary N) is 2. The van der Waals surface area contributed by atoms with E-state index in [1.807, 2.05) is 12.2 Å². The Hall–Kier alpha value is -2.19. The van der Waals surface area contributed by atoms with E-state index in [1.165, 1.54) is 13.1 Å². The van der Waals surface area contributed by atoms with Crippen molar-refractivity contribution in [3.8, 4) is 0 Å². The standard InChI is InChI=1S/C17H22N2O5S/c1-12-7-8-14(10-15(12)25(22,23)18-2)19-16(20)11-24-17(21)9-13-5-3-4-6-13/h3,5,7-8,10,13,18H,4,6,9,11H2,1-2H3,(H,19,20)/t13-/m0/s1. The maximum absolute atomic E-state index is 11.9. The number of rotatable bonds is 7. The summed E-state index contributed by atoms with van der Waals surface area (Å²) in [6.45, 7) is 1.26. The monoisotopic (exact) mass is 366 g/mol. The zero-order valence-electron chi connectivity index (χ0n) is 14.2. The predicted molar refractivity (Wildman–Crippen MR) is 93.5 cm³/mol. The van der Waals surface area contributed by atoms with Crippen LogP contribution in [-0.2, 0) is 24.3 Å². The van der Waals surface area contributed by atoms with Gasteiger partial charge in [-0.2, -0.15) is 0 Å². The summed E-state index contributed by atoms with van der Waals surface area (Å²) in [5.74, 6) is -0.761. The molecule has 0 unspecified atom stereocenters. The maximum atomic E-state index is 11.9. The lowest BCUT2D eigenvalue weighted by molar-refractivity contribution is -0.147. The Morgan fingerprint density at radius 3 is 2.72 bits per heavy atom. The van der Waals surface area contributed by atoms with E-state index < -0.39 is 28.5 Å². The van der Waals surface area contributed by atoms with Crippen molar-refractivity contribution in [1.82, 2.24) is 4.72 Å². The number of sulfonamides is 1. The van der Waals surface area contributed by atoms with Gasteiger partial charge in [-0.1, -0.05) is 18.2 Å². The first-order valence-electron chi connectivity index (χ1n) is 7.98. The zero-order valence-corrected chi connectivity index (χ0v) is 15.1. The molecule has 136 valence electrons. The minimum absolute atomic E-state index is 0.0813. The van der Waals surface area contributed by atoms with Crippen molar-refractivity contribution in [2.45, 2.75) is 31.1 Å². The lowest BCUT2D eigenvalue weighted by atomic mass is 10.1. The van der Waals surface area contributed by atoms with Gasteiger partial charge in [0.05, 0.1) is 11.3 Å². The SMILES string of the molecule is CNS(=O)(=O)c1cc(NC(=O)COC(=O)C[C@H]2C=CCC2)ccc1C. The molecule has 0 radical (unpaired) electrons. The summed E-state index contributed by atoms with van der Waals surface area (Å²) in [6.07, 6.45) is 6.16. The Morgan fingerprint density at radius 1 is 1.32 bits per heavy atom. The predicted octanol–water partition coefficient (Wildman–Crippen LogP) is 1.74. The van der Waals surface area contributed by atoms with Gasteiger partial charge in [0, 0.05) is 5.69 Å². The third kappa shape index (κ3) is 5.40. The highest BCUT2D eigenvalue weighted by molar-refractivity contribution is 7.89. The van der Waals surface area contributed by atoms with Gasteiger partial charge in [0.25, 0.3) is 5.91 Å². The van der Waals surface area contributed by atoms with E-state index in [4.69, 9.17) is 4.74 Å². The minimum atomic E-state index is -3.62. The highest BCUT2D eigenvalue weighted by Crippen LogP contribution is 2.21. The Bertz CT molecular complexity index is 786.